The quantitative estimate of drug-likeness (QED) is 0.627. The highest BCUT2D eigenvalue weighted by Crippen LogP contribution is 2.10. The number of hydrogen-bond donors (Lipinski definition) is 2. The van der Waals surface area contributed by atoms with E-state index in [1.807, 2.05) is 39.8 Å². The van der Waals surface area contributed by atoms with E-state index in [0.29, 0.717) is 11.6 Å². The van der Waals surface area contributed by atoms with Gasteiger partial charge in [0.1, 0.15) is 12.7 Å². The van der Waals surface area contributed by atoms with Gasteiger partial charge < -0.3 is 15.3 Å². The summed E-state index contributed by atoms with van der Waals surface area (Å²) in [7, 11) is 0. The fourth-order valence-electron chi connectivity index (χ4n) is 1.45. The lowest BCUT2D eigenvalue weighted by molar-refractivity contribution is 0.0373. The largest absolute Gasteiger partial charge is 0.393 e. The lowest BCUT2D eigenvalue weighted by Gasteiger charge is -2.22. The molecule has 112 valence electrons. The Labute approximate surface area is 125 Å². The maximum atomic E-state index is 9.76. The summed E-state index contributed by atoms with van der Waals surface area (Å²) in [4.78, 5) is 5.17. The second-order valence-electron chi connectivity index (χ2n) is 5.76. The normalized spacial score (nSPS) is 14.2. The Kier molecular flexibility index (Phi) is 6.46. The molecule has 0 aliphatic rings. The Hall–Kier alpha value is -1.10. The number of benzene rings is 1. The number of oxime groups is 1. The third-order valence-electron chi connectivity index (χ3n) is 2.60. The van der Waals surface area contributed by atoms with Crippen LogP contribution in [0.2, 0.25) is 5.02 Å². The topological polar surface area (TPSA) is 53.9 Å². The van der Waals surface area contributed by atoms with E-state index >= 15 is 0 Å². The van der Waals surface area contributed by atoms with E-state index in [4.69, 9.17) is 16.4 Å². The molecule has 0 heterocycles. The molecular weight excluding hydrogens is 276 g/mol. The van der Waals surface area contributed by atoms with Crippen molar-refractivity contribution in [2.45, 2.75) is 39.3 Å². The van der Waals surface area contributed by atoms with Gasteiger partial charge in [0.05, 0.1) is 5.71 Å². The van der Waals surface area contributed by atoms with Gasteiger partial charge in [-0.15, -0.1) is 0 Å². The number of nitrogens with zero attached hydrogens (tertiary/aromatic N) is 1. The van der Waals surface area contributed by atoms with E-state index in [0.717, 1.165) is 11.3 Å². The van der Waals surface area contributed by atoms with Crippen LogP contribution >= 0.6 is 11.6 Å². The molecule has 0 aliphatic carbocycles. The molecule has 1 aromatic carbocycles. The Morgan fingerprint density at radius 3 is 2.50 bits per heavy atom. The van der Waals surface area contributed by atoms with Gasteiger partial charge in [0.15, 0.2) is 0 Å². The van der Waals surface area contributed by atoms with Crippen LogP contribution in [0.1, 0.15) is 33.3 Å². The van der Waals surface area contributed by atoms with Gasteiger partial charge in [-0.25, -0.2) is 0 Å². The minimum atomic E-state index is -0.587. The molecule has 0 fully saturated rings. The molecule has 0 aromatic heterocycles. The Bertz CT molecular complexity index is 438. The SMILES string of the molecule is CC(=NOCC(O)CNC(C)(C)C)c1ccc(Cl)cc1. The highest BCUT2D eigenvalue weighted by atomic mass is 35.5. The molecule has 0 saturated heterocycles. The molecule has 1 rings (SSSR count). The van der Waals surface area contributed by atoms with Crippen molar-refractivity contribution in [1.82, 2.24) is 5.32 Å². The van der Waals surface area contributed by atoms with Gasteiger partial charge in [0.25, 0.3) is 0 Å². The van der Waals surface area contributed by atoms with Crippen molar-refractivity contribution in [2.75, 3.05) is 13.2 Å². The first kappa shape index (κ1) is 17.0. The average Bonchev–Trinajstić information content (AvgIpc) is 2.36. The Morgan fingerprint density at radius 2 is 1.95 bits per heavy atom. The van der Waals surface area contributed by atoms with Crippen molar-refractivity contribution >= 4 is 17.3 Å². The summed E-state index contributed by atoms with van der Waals surface area (Å²) in [6.07, 6.45) is -0.587. The summed E-state index contributed by atoms with van der Waals surface area (Å²) in [5, 5.41) is 17.6. The number of aliphatic hydroxyl groups excluding tert-OH is 1. The molecule has 0 radical (unpaired) electrons. The standard InChI is InChI=1S/C15H23ClN2O2/c1-11(12-5-7-13(16)8-6-12)18-20-10-14(19)9-17-15(2,3)4/h5-8,14,17,19H,9-10H2,1-4H3. The minimum absolute atomic E-state index is 0.0243. The zero-order valence-electron chi connectivity index (χ0n) is 12.5. The second-order valence-corrected chi connectivity index (χ2v) is 6.20. The smallest absolute Gasteiger partial charge is 0.144 e. The number of β-amino-alcohol motifs (C(OH)–C–C–N with tert-alkyl or cyclic N) is 1. The van der Waals surface area contributed by atoms with Gasteiger partial charge in [0, 0.05) is 17.1 Å². The number of nitrogens with one attached hydrogen (secondary N) is 1. The van der Waals surface area contributed by atoms with Crippen molar-refractivity contribution in [1.29, 1.82) is 0 Å². The second kappa shape index (κ2) is 7.62. The molecule has 0 saturated carbocycles. The van der Waals surface area contributed by atoms with Crippen molar-refractivity contribution in [3.05, 3.63) is 34.9 Å². The maximum absolute atomic E-state index is 9.76. The van der Waals surface area contributed by atoms with E-state index < -0.39 is 6.10 Å². The number of hydrogen-bond acceptors (Lipinski definition) is 4. The fraction of sp³-hybridized carbons (Fsp3) is 0.533. The summed E-state index contributed by atoms with van der Waals surface area (Å²) in [5.41, 5.74) is 1.66. The van der Waals surface area contributed by atoms with Crippen LogP contribution in [0.4, 0.5) is 0 Å². The van der Waals surface area contributed by atoms with Crippen molar-refractivity contribution in [3.63, 3.8) is 0 Å². The van der Waals surface area contributed by atoms with E-state index in [-0.39, 0.29) is 12.1 Å². The van der Waals surface area contributed by atoms with E-state index in [1.54, 1.807) is 12.1 Å². The molecule has 0 amide bonds. The molecule has 0 spiro atoms. The molecule has 5 heteroatoms. The molecule has 1 atom stereocenters. The predicted octanol–water partition coefficient (Wildman–Crippen LogP) is 2.83. The van der Waals surface area contributed by atoms with Gasteiger partial charge in [-0.2, -0.15) is 0 Å². The predicted molar refractivity (Wildman–Crippen MR) is 83.4 cm³/mol. The lowest BCUT2D eigenvalue weighted by atomic mass is 10.1. The van der Waals surface area contributed by atoms with Crippen LogP contribution in [-0.4, -0.2) is 35.6 Å². The number of halogens is 1. The highest BCUT2D eigenvalue weighted by molar-refractivity contribution is 6.30. The summed E-state index contributed by atoms with van der Waals surface area (Å²) in [6.45, 7) is 8.62. The third kappa shape index (κ3) is 6.89. The lowest BCUT2D eigenvalue weighted by Crippen LogP contribution is -2.42. The van der Waals surface area contributed by atoms with Gasteiger partial charge >= 0.3 is 0 Å². The zero-order valence-corrected chi connectivity index (χ0v) is 13.2. The number of aliphatic hydroxyl groups is 1. The molecular formula is C15H23ClN2O2. The minimum Gasteiger partial charge on any atom is -0.393 e. The van der Waals surface area contributed by atoms with Crippen molar-refractivity contribution in [3.8, 4) is 0 Å². The molecule has 1 aromatic rings. The van der Waals surface area contributed by atoms with Crippen LogP contribution in [0.3, 0.4) is 0 Å². The van der Waals surface area contributed by atoms with Crippen LogP contribution in [-0.2, 0) is 4.84 Å². The zero-order chi connectivity index (χ0) is 15.2. The van der Waals surface area contributed by atoms with Crippen LogP contribution in [0, 0.1) is 0 Å². The first-order chi connectivity index (χ1) is 9.28. The van der Waals surface area contributed by atoms with Crippen LogP contribution < -0.4 is 5.32 Å². The Balaban J connectivity index is 2.38. The van der Waals surface area contributed by atoms with Crippen molar-refractivity contribution in [2.24, 2.45) is 5.16 Å². The third-order valence-corrected chi connectivity index (χ3v) is 2.85. The van der Waals surface area contributed by atoms with E-state index in [2.05, 4.69) is 10.5 Å². The first-order valence-corrected chi connectivity index (χ1v) is 7.01. The Morgan fingerprint density at radius 1 is 1.35 bits per heavy atom. The molecule has 4 nitrogen and oxygen atoms in total. The molecule has 1 unspecified atom stereocenters. The van der Waals surface area contributed by atoms with Crippen LogP contribution in [0.25, 0.3) is 0 Å². The highest BCUT2D eigenvalue weighted by Gasteiger charge is 2.12. The van der Waals surface area contributed by atoms with E-state index in [9.17, 15) is 5.11 Å². The van der Waals surface area contributed by atoms with Crippen LogP contribution in [0.5, 0.6) is 0 Å². The molecule has 0 aliphatic heterocycles. The van der Waals surface area contributed by atoms with Gasteiger partial charge in [-0.1, -0.05) is 28.9 Å². The van der Waals surface area contributed by atoms with Gasteiger partial charge in [-0.3, -0.25) is 0 Å². The maximum Gasteiger partial charge on any atom is 0.144 e. The summed E-state index contributed by atoms with van der Waals surface area (Å²) < 4.78 is 0. The number of rotatable bonds is 6. The fourth-order valence-corrected chi connectivity index (χ4v) is 1.57. The molecule has 0 bridgehead atoms. The summed E-state index contributed by atoms with van der Waals surface area (Å²) in [5.74, 6) is 0. The summed E-state index contributed by atoms with van der Waals surface area (Å²) >= 11 is 5.82. The monoisotopic (exact) mass is 298 g/mol. The molecule has 20 heavy (non-hydrogen) atoms. The van der Waals surface area contributed by atoms with E-state index in [1.165, 1.54) is 0 Å². The summed E-state index contributed by atoms with van der Waals surface area (Å²) in [6, 6.07) is 7.36. The average molecular weight is 299 g/mol. The van der Waals surface area contributed by atoms with Gasteiger partial charge in [0.2, 0.25) is 0 Å². The molecule has 2 N–H and O–H groups in total. The van der Waals surface area contributed by atoms with Crippen molar-refractivity contribution < 1.29 is 9.94 Å². The first-order valence-electron chi connectivity index (χ1n) is 6.63. The van der Waals surface area contributed by atoms with Gasteiger partial charge in [-0.05, 0) is 45.4 Å². The van der Waals surface area contributed by atoms with Crippen LogP contribution in [0.15, 0.2) is 29.4 Å².